The zero-order chi connectivity index (χ0) is 22.6. The lowest BCUT2D eigenvalue weighted by Gasteiger charge is -2.09. The van der Waals surface area contributed by atoms with E-state index < -0.39 is 0 Å². The molecule has 0 aliphatic rings. The van der Waals surface area contributed by atoms with Gasteiger partial charge in [-0.2, -0.15) is 0 Å². The minimum absolute atomic E-state index is 0.215. The number of benzene rings is 3. The molecule has 0 saturated heterocycles. The number of hydrogen-bond donors (Lipinski definition) is 3. The third kappa shape index (κ3) is 4.23. The molecule has 33 heavy (non-hydrogen) atoms. The van der Waals surface area contributed by atoms with E-state index in [1.54, 1.807) is 12.1 Å². The van der Waals surface area contributed by atoms with Crippen molar-refractivity contribution in [2.75, 3.05) is 24.2 Å². The average Bonchev–Trinajstić information content (AvgIpc) is 3.26. The number of aromatic hydroxyl groups is 1. The fourth-order valence-corrected chi connectivity index (χ4v) is 3.93. The van der Waals surface area contributed by atoms with Crippen molar-refractivity contribution in [3.8, 4) is 28.2 Å². The fourth-order valence-electron chi connectivity index (χ4n) is 3.93. The van der Waals surface area contributed by atoms with E-state index in [4.69, 9.17) is 4.42 Å². The number of nitrogens with zero attached hydrogens (tertiary/aromatic N) is 2. The summed E-state index contributed by atoms with van der Waals surface area (Å²) in [5, 5.41) is 17.2. The molecule has 6 heteroatoms. The van der Waals surface area contributed by atoms with Gasteiger partial charge in [-0.1, -0.05) is 54.6 Å². The van der Waals surface area contributed by atoms with Crippen LogP contribution in [0.5, 0.6) is 5.75 Å². The molecule has 0 fully saturated rings. The lowest BCUT2D eigenvalue weighted by molar-refractivity contribution is 0.475. The number of hydrogen-bond acceptors (Lipinski definition) is 6. The second-order valence-corrected chi connectivity index (χ2v) is 7.75. The van der Waals surface area contributed by atoms with Crippen LogP contribution in [0.15, 0.2) is 89.6 Å². The van der Waals surface area contributed by atoms with Gasteiger partial charge < -0.3 is 20.2 Å². The van der Waals surface area contributed by atoms with Gasteiger partial charge >= 0.3 is 0 Å². The number of nitrogens with one attached hydrogen (secondary N) is 2. The molecule has 5 rings (SSSR count). The van der Waals surface area contributed by atoms with Gasteiger partial charge in [-0.05, 0) is 41.8 Å². The van der Waals surface area contributed by atoms with E-state index in [9.17, 15) is 5.11 Å². The molecule has 0 aliphatic heterocycles. The summed E-state index contributed by atoms with van der Waals surface area (Å²) in [5.74, 6) is 1.66. The molecule has 0 amide bonds. The number of furan rings is 1. The van der Waals surface area contributed by atoms with Crippen molar-refractivity contribution >= 4 is 22.6 Å². The first-order chi connectivity index (χ1) is 16.2. The quantitative estimate of drug-likeness (QED) is 0.292. The Labute approximate surface area is 192 Å². The highest BCUT2D eigenvalue weighted by Gasteiger charge is 2.22. The molecule has 0 radical (unpaired) electrons. The van der Waals surface area contributed by atoms with Crippen molar-refractivity contribution in [3.63, 3.8) is 0 Å². The second kappa shape index (κ2) is 9.04. The highest BCUT2D eigenvalue weighted by Crippen LogP contribution is 2.42. The van der Waals surface area contributed by atoms with Gasteiger partial charge in [0, 0.05) is 30.4 Å². The van der Waals surface area contributed by atoms with Gasteiger partial charge in [0.25, 0.3) is 0 Å². The first-order valence-electron chi connectivity index (χ1n) is 10.9. The molecule has 5 aromatic rings. The van der Waals surface area contributed by atoms with Crippen LogP contribution in [0.25, 0.3) is 33.6 Å². The van der Waals surface area contributed by atoms with E-state index >= 15 is 0 Å². The minimum atomic E-state index is 0.215. The molecule has 0 aliphatic carbocycles. The lowest BCUT2D eigenvalue weighted by atomic mass is 9.99. The van der Waals surface area contributed by atoms with Crippen molar-refractivity contribution in [2.45, 2.75) is 6.42 Å². The maximum Gasteiger partial charge on any atom is 0.232 e. The zero-order valence-electron chi connectivity index (χ0n) is 18.2. The summed E-state index contributed by atoms with van der Waals surface area (Å²) in [6, 6.07) is 25.5. The van der Waals surface area contributed by atoms with Crippen LogP contribution in [0, 0.1) is 0 Å². The first kappa shape index (κ1) is 20.6. The minimum Gasteiger partial charge on any atom is -0.508 e. The number of phenolic OH excluding ortho intramolecular Hbond substituents is 1. The number of phenols is 1. The summed E-state index contributed by atoms with van der Waals surface area (Å²) in [6.45, 7) is 0.714. The Morgan fingerprint density at radius 1 is 0.848 bits per heavy atom. The van der Waals surface area contributed by atoms with Gasteiger partial charge in [0.2, 0.25) is 5.71 Å². The largest absolute Gasteiger partial charge is 0.508 e. The van der Waals surface area contributed by atoms with Crippen molar-refractivity contribution < 1.29 is 9.52 Å². The Morgan fingerprint density at radius 3 is 2.33 bits per heavy atom. The molecule has 6 nitrogen and oxygen atoms in total. The average molecular weight is 437 g/mol. The van der Waals surface area contributed by atoms with E-state index in [1.807, 2.05) is 49.5 Å². The molecule has 0 saturated carbocycles. The van der Waals surface area contributed by atoms with Crippen LogP contribution in [0.2, 0.25) is 0 Å². The first-order valence-corrected chi connectivity index (χ1v) is 10.9. The van der Waals surface area contributed by atoms with Crippen LogP contribution >= 0.6 is 0 Å². The SMILES string of the molecule is CNc1ccc(CCNc2ncnc3oc(-c4ccccc4)c(-c4ccc(O)cc4)c23)cc1. The van der Waals surface area contributed by atoms with Gasteiger partial charge in [-0.25, -0.2) is 9.97 Å². The number of aromatic nitrogens is 2. The number of rotatable bonds is 7. The van der Waals surface area contributed by atoms with E-state index in [1.165, 1.54) is 11.9 Å². The number of fused-ring (bicyclic) bond motifs is 1. The number of anilines is 2. The molecule has 3 N–H and O–H groups in total. The zero-order valence-corrected chi connectivity index (χ0v) is 18.2. The van der Waals surface area contributed by atoms with E-state index in [0.717, 1.165) is 45.8 Å². The van der Waals surface area contributed by atoms with Gasteiger partial charge in [0.1, 0.15) is 23.7 Å². The van der Waals surface area contributed by atoms with E-state index in [0.29, 0.717) is 12.3 Å². The van der Waals surface area contributed by atoms with Gasteiger partial charge in [0.05, 0.1) is 5.39 Å². The standard InChI is InChI=1S/C27H24N4O2/c1-28-21-11-7-18(8-12-21)15-16-29-26-24-23(19-9-13-22(32)14-10-19)25(20-5-3-2-4-6-20)33-27(24)31-17-30-26/h2-14,17,28,32H,15-16H2,1H3,(H,29,30,31). The smallest absolute Gasteiger partial charge is 0.232 e. The highest BCUT2D eigenvalue weighted by atomic mass is 16.3. The Hall–Kier alpha value is -4.32. The Kier molecular flexibility index (Phi) is 5.64. The van der Waals surface area contributed by atoms with Crippen LogP contribution in [0.4, 0.5) is 11.5 Å². The van der Waals surface area contributed by atoms with Crippen LogP contribution in [-0.4, -0.2) is 28.7 Å². The van der Waals surface area contributed by atoms with Gasteiger partial charge in [0.15, 0.2) is 0 Å². The lowest BCUT2D eigenvalue weighted by Crippen LogP contribution is -2.07. The topological polar surface area (TPSA) is 83.2 Å². The third-order valence-electron chi connectivity index (χ3n) is 5.63. The van der Waals surface area contributed by atoms with Crippen molar-refractivity contribution in [2.24, 2.45) is 0 Å². The molecule has 164 valence electrons. The Morgan fingerprint density at radius 2 is 1.61 bits per heavy atom. The summed E-state index contributed by atoms with van der Waals surface area (Å²) in [4.78, 5) is 8.94. The molecule has 0 bridgehead atoms. The van der Waals surface area contributed by atoms with Crippen LogP contribution < -0.4 is 10.6 Å². The van der Waals surface area contributed by atoms with Crippen molar-refractivity contribution in [1.82, 2.24) is 9.97 Å². The summed E-state index contributed by atoms with van der Waals surface area (Å²) >= 11 is 0. The summed E-state index contributed by atoms with van der Waals surface area (Å²) in [6.07, 6.45) is 2.37. The highest BCUT2D eigenvalue weighted by molar-refractivity contribution is 6.05. The summed E-state index contributed by atoms with van der Waals surface area (Å²) < 4.78 is 6.24. The normalized spacial score (nSPS) is 10.9. The van der Waals surface area contributed by atoms with Gasteiger partial charge in [-0.15, -0.1) is 0 Å². The molecular formula is C27H24N4O2. The molecule has 0 unspecified atom stereocenters. The molecule has 2 aromatic heterocycles. The maximum absolute atomic E-state index is 9.80. The molecular weight excluding hydrogens is 412 g/mol. The molecule has 0 spiro atoms. The summed E-state index contributed by atoms with van der Waals surface area (Å²) in [7, 11) is 1.91. The predicted molar refractivity (Wildman–Crippen MR) is 133 cm³/mol. The maximum atomic E-state index is 9.80. The molecule has 0 atom stereocenters. The van der Waals surface area contributed by atoms with E-state index in [2.05, 4.69) is 44.9 Å². The van der Waals surface area contributed by atoms with Gasteiger partial charge in [-0.3, -0.25) is 0 Å². The monoisotopic (exact) mass is 436 g/mol. The van der Waals surface area contributed by atoms with E-state index in [-0.39, 0.29) is 5.75 Å². The Balaban J connectivity index is 1.54. The fraction of sp³-hybridized carbons (Fsp3) is 0.111. The van der Waals surface area contributed by atoms with Crippen LogP contribution in [0.1, 0.15) is 5.56 Å². The van der Waals surface area contributed by atoms with Crippen molar-refractivity contribution in [3.05, 3.63) is 90.8 Å². The third-order valence-corrected chi connectivity index (χ3v) is 5.63. The molecule has 3 aromatic carbocycles. The van der Waals surface area contributed by atoms with Crippen LogP contribution in [-0.2, 0) is 6.42 Å². The van der Waals surface area contributed by atoms with Crippen LogP contribution in [0.3, 0.4) is 0 Å². The van der Waals surface area contributed by atoms with Crippen molar-refractivity contribution in [1.29, 1.82) is 0 Å². The Bertz CT molecular complexity index is 1360. The molecule has 2 heterocycles. The predicted octanol–water partition coefficient (Wildman–Crippen LogP) is 5.96. The second-order valence-electron chi connectivity index (χ2n) is 7.75. The summed E-state index contributed by atoms with van der Waals surface area (Å²) in [5.41, 5.74) is 5.63.